The van der Waals surface area contributed by atoms with E-state index in [-0.39, 0.29) is 31.1 Å². The molecule has 20 nitrogen and oxygen atoms in total. The summed E-state index contributed by atoms with van der Waals surface area (Å²) in [5.74, 6) is -6.73. The number of aromatic nitrogens is 2. The van der Waals surface area contributed by atoms with Crippen LogP contribution in [0.25, 0.3) is 0 Å². The summed E-state index contributed by atoms with van der Waals surface area (Å²) in [5.41, 5.74) is -0.101. The van der Waals surface area contributed by atoms with E-state index in [4.69, 9.17) is 0 Å². The van der Waals surface area contributed by atoms with Gasteiger partial charge in [-0.05, 0) is 60.4 Å². The van der Waals surface area contributed by atoms with E-state index in [1.165, 1.54) is 54.6 Å². The lowest BCUT2D eigenvalue weighted by atomic mass is 9.82. The second-order valence-corrected chi connectivity index (χ2v) is 19.0. The SMILES string of the molecule is CCC[C@H](NC(=O)[C@@H]1CN(C(=O)Nc2ccccc2)C[C@@H]1NC(=O)[C@@H](NC(=O)[C@@H](NC(=O)c1cnccn1)C1CCCCC1)C(C)(C)C)C(O)C(=O)NCC(=O)NC(C(=O)N(C)C)c1ccc(F)cc1. The Bertz CT molecular complexity index is 2290. The molecule has 378 valence electrons. The third kappa shape index (κ3) is 15.0. The molecular formula is C49H66FN11O9. The number of hydrogen-bond acceptors (Lipinski definition) is 11. The number of carbonyl (C=O) groups is 8. The first kappa shape index (κ1) is 53.9. The van der Waals surface area contributed by atoms with Crippen LogP contribution in [0.5, 0.6) is 0 Å². The van der Waals surface area contributed by atoms with Gasteiger partial charge >= 0.3 is 6.03 Å². The van der Waals surface area contributed by atoms with Gasteiger partial charge in [0.15, 0.2) is 6.10 Å². The minimum absolute atomic E-state index is 0.0249. The summed E-state index contributed by atoms with van der Waals surface area (Å²) in [7, 11) is 2.96. The van der Waals surface area contributed by atoms with Gasteiger partial charge in [-0.15, -0.1) is 0 Å². The Morgan fingerprint density at radius 1 is 0.843 bits per heavy atom. The maximum Gasteiger partial charge on any atom is 0.321 e. The van der Waals surface area contributed by atoms with E-state index in [2.05, 4.69) is 47.2 Å². The predicted octanol–water partition coefficient (Wildman–Crippen LogP) is 2.18. The van der Waals surface area contributed by atoms with Crippen LogP contribution < -0.4 is 37.2 Å². The van der Waals surface area contributed by atoms with Gasteiger partial charge in [-0.1, -0.05) is 83.7 Å². The fourth-order valence-electron chi connectivity index (χ4n) is 8.55. The van der Waals surface area contributed by atoms with Gasteiger partial charge in [0.25, 0.3) is 11.8 Å². The lowest BCUT2D eigenvalue weighted by Crippen LogP contribution is -2.61. The summed E-state index contributed by atoms with van der Waals surface area (Å²) in [6, 6.07) is 7.39. The fourth-order valence-corrected chi connectivity index (χ4v) is 8.55. The lowest BCUT2D eigenvalue weighted by Gasteiger charge is -2.35. The molecule has 9 amide bonds. The molecule has 70 heavy (non-hydrogen) atoms. The molecule has 2 fully saturated rings. The second-order valence-electron chi connectivity index (χ2n) is 19.0. The van der Waals surface area contributed by atoms with Crippen LogP contribution in [-0.2, 0) is 28.8 Å². The quantitative estimate of drug-likeness (QED) is 0.0863. The highest BCUT2D eigenvalue weighted by atomic mass is 19.1. The van der Waals surface area contributed by atoms with Crippen molar-refractivity contribution in [2.24, 2.45) is 17.3 Å². The minimum atomic E-state index is -1.87. The van der Waals surface area contributed by atoms with E-state index in [1.807, 2.05) is 0 Å². The predicted molar refractivity (Wildman–Crippen MR) is 256 cm³/mol. The number of urea groups is 1. The van der Waals surface area contributed by atoms with Gasteiger partial charge in [0, 0.05) is 45.3 Å². The van der Waals surface area contributed by atoms with E-state index in [9.17, 15) is 47.9 Å². The zero-order valence-corrected chi connectivity index (χ0v) is 40.5. The monoisotopic (exact) mass is 972 g/mol. The van der Waals surface area contributed by atoms with Gasteiger partial charge < -0.3 is 52.1 Å². The van der Waals surface area contributed by atoms with Crippen LogP contribution in [0, 0.1) is 23.1 Å². The third-order valence-electron chi connectivity index (χ3n) is 12.4. The number of nitrogens with one attached hydrogen (secondary N) is 7. The molecule has 2 aromatic carbocycles. The van der Waals surface area contributed by atoms with E-state index >= 15 is 0 Å². The normalized spacial score (nSPS) is 18.1. The van der Waals surface area contributed by atoms with E-state index < -0.39 is 107 Å². The number of para-hydroxylation sites is 1. The summed E-state index contributed by atoms with van der Waals surface area (Å²) in [4.78, 5) is 120. The van der Waals surface area contributed by atoms with Crippen LogP contribution in [0.4, 0.5) is 14.9 Å². The van der Waals surface area contributed by atoms with Crippen molar-refractivity contribution in [3.63, 3.8) is 0 Å². The maximum atomic E-state index is 14.5. The number of likely N-dealkylation sites (tertiary alicyclic amines) is 1. The average Bonchev–Trinajstić information content (AvgIpc) is 3.77. The first-order chi connectivity index (χ1) is 33.3. The largest absolute Gasteiger partial charge is 0.381 e. The number of halogens is 1. The Morgan fingerprint density at radius 3 is 2.14 bits per heavy atom. The number of benzene rings is 2. The highest BCUT2D eigenvalue weighted by molar-refractivity contribution is 5.98. The zero-order valence-electron chi connectivity index (χ0n) is 40.5. The summed E-state index contributed by atoms with van der Waals surface area (Å²) < 4.78 is 13.6. The van der Waals surface area contributed by atoms with Gasteiger partial charge in [-0.3, -0.25) is 38.5 Å². The minimum Gasteiger partial charge on any atom is -0.381 e. The molecule has 7 atom stereocenters. The molecule has 1 saturated carbocycles. The van der Waals surface area contributed by atoms with Crippen molar-refractivity contribution in [3.05, 3.63) is 90.3 Å². The van der Waals surface area contributed by atoms with Gasteiger partial charge in [0.1, 0.15) is 29.6 Å². The number of anilines is 1. The number of aliphatic hydroxyl groups is 1. The topological polar surface area (TPSA) is 273 Å². The third-order valence-corrected chi connectivity index (χ3v) is 12.4. The van der Waals surface area contributed by atoms with Crippen molar-refractivity contribution < 1.29 is 47.9 Å². The number of carbonyl (C=O) groups excluding carboxylic acids is 8. The second kappa shape index (κ2) is 25.0. The number of rotatable bonds is 19. The van der Waals surface area contributed by atoms with Crippen molar-refractivity contribution in [2.75, 3.05) is 39.0 Å². The zero-order chi connectivity index (χ0) is 51.1. The van der Waals surface area contributed by atoms with Crippen molar-refractivity contribution in [1.82, 2.24) is 51.7 Å². The molecule has 1 aliphatic carbocycles. The van der Waals surface area contributed by atoms with E-state index in [0.717, 1.165) is 31.4 Å². The number of hydrogen-bond donors (Lipinski definition) is 8. The highest BCUT2D eigenvalue weighted by Gasteiger charge is 2.45. The standard InChI is InChI=1S/C49H66FN11O9/c1-7-14-34(40(63)45(67)53-26-37(62)57-39(47(69)60(5)6)30-19-21-31(50)22-20-30)55-42(64)33-27-61(48(70)54-32-17-12-9-13-18-32)28-36(33)56-46(68)41(49(2,3)4)59-44(66)38(29-15-10-8-11-16-29)58-43(65)35-25-51-23-24-52-35/h9,12-13,17-25,29,33-34,36,38-41,63H,7-8,10-11,14-16,26-28H2,1-6H3,(H,53,67)(H,54,70)(H,55,64)(H,56,68)(H,57,62)(H,58,65)(H,59,66)/t33-,34+,36+,38+,39?,40?,41-/m1/s1. The highest BCUT2D eigenvalue weighted by Crippen LogP contribution is 2.29. The Hall–Kier alpha value is -7.03. The van der Waals surface area contributed by atoms with Crippen LogP contribution in [0.1, 0.15) is 94.7 Å². The number of aliphatic hydroxyl groups excluding tert-OH is 1. The van der Waals surface area contributed by atoms with Crippen LogP contribution in [-0.4, -0.2) is 136 Å². The van der Waals surface area contributed by atoms with Gasteiger partial charge in [0.05, 0.1) is 30.7 Å². The van der Waals surface area contributed by atoms with E-state index in [1.54, 1.807) is 58.0 Å². The van der Waals surface area contributed by atoms with Gasteiger partial charge in [-0.2, -0.15) is 0 Å². The summed E-state index contributed by atoms with van der Waals surface area (Å²) in [6.07, 6.45) is 6.77. The Kier molecular flexibility index (Phi) is 19.3. The van der Waals surface area contributed by atoms with Crippen LogP contribution >= 0.6 is 0 Å². The molecule has 21 heteroatoms. The van der Waals surface area contributed by atoms with Crippen LogP contribution in [0.15, 0.2) is 73.2 Å². The first-order valence-electron chi connectivity index (χ1n) is 23.6. The Morgan fingerprint density at radius 2 is 1.53 bits per heavy atom. The van der Waals surface area contributed by atoms with Crippen molar-refractivity contribution in [2.45, 2.75) is 109 Å². The van der Waals surface area contributed by atoms with Crippen molar-refractivity contribution in [3.8, 4) is 0 Å². The van der Waals surface area contributed by atoms with Gasteiger partial charge in [0.2, 0.25) is 29.5 Å². The molecule has 1 aliphatic heterocycles. The summed E-state index contributed by atoms with van der Waals surface area (Å²) in [6.45, 7) is 6.03. The van der Waals surface area contributed by atoms with E-state index in [0.29, 0.717) is 30.5 Å². The number of likely N-dealkylation sites (N-methyl/N-ethyl adjacent to an activating group) is 1. The maximum absolute atomic E-state index is 14.5. The molecule has 8 N–H and O–H groups in total. The average molecular weight is 972 g/mol. The summed E-state index contributed by atoms with van der Waals surface area (Å²) >= 11 is 0. The number of amides is 9. The van der Waals surface area contributed by atoms with Crippen LogP contribution in [0.2, 0.25) is 0 Å². The molecule has 1 saturated heterocycles. The molecule has 2 heterocycles. The molecule has 1 aromatic heterocycles. The Balaban J connectivity index is 1.32. The van der Waals surface area contributed by atoms with Gasteiger partial charge in [-0.25, -0.2) is 14.2 Å². The van der Waals surface area contributed by atoms with Crippen molar-refractivity contribution >= 4 is 53.1 Å². The lowest BCUT2D eigenvalue weighted by molar-refractivity contribution is -0.136. The molecule has 2 aliphatic rings. The smallest absolute Gasteiger partial charge is 0.321 e. The molecule has 0 spiro atoms. The van der Waals surface area contributed by atoms with Crippen LogP contribution in [0.3, 0.4) is 0 Å². The van der Waals surface area contributed by atoms with Crippen molar-refractivity contribution in [1.29, 1.82) is 0 Å². The first-order valence-corrected chi connectivity index (χ1v) is 23.6. The fraction of sp³-hybridized carbons (Fsp3) is 0.510. The molecule has 2 unspecified atom stereocenters. The summed E-state index contributed by atoms with van der Waals surface area (Å²) in [5, 5.41) is 30.4. The molecule has 0 bridgehead atoms. The molecule has 5 rings (SSSR count). The molecular weight excluding hydrogens is 906 g/mol. The molecule has 0 radical (unpaired) electrons. The Labute approximate surface area is 407 Å². The number of nitrogens with zero attached hydrogens (tertiary/aromatic N) is 4. The molecule has 3 aromatic rings.